The van der Waals surface area contributed by atoms with E-state index in [-0.39, 0.29) is 5.75 Å². The predicted octanol–water partition coefficient (Wildman–Crippen LogP) is 3.31. The molecule has 2 aromatic carbocycles. The average Bonchev–Trinajstić information content (AvgIpc) is 2.40. The van der Waals surface area contributed by atoms with E-state index in [9.17, 15) is 8.42 Å². The highest BCUT2D eigenvalue weighted by Crippen LogP contribution is 2.10. The number of aryl methyl sites for hydroxylation is 1. The van der Waals surface area contributed by atoms with Crippen LogP contribution in [0.5, 0.6) is 0 Å². The van der Waals surface area contributed by atoms with Crippen molar-refractivity contribution in [1.29, 1.82) is 0 Å². The fraction of sp³-hybridized carbons (Fsp3) is 0.250. The molecule has 0 aliphatic rings. The highest BCUT2D eigenvalue weighted by atomic mass is 35.5. The van der Waals surface area contributed by atoms with Crippen molar-refractivity contribution in [2.24, 2.45) is 0 Å². The van der Waals surface area contributed by atoms with Gasteiger partial charge < -0.3 is 0 Å². The van der Waals surface area contributed by atoms with E-state index in [2.05, 4.69) is 4.72 Å². The molecule has 1 N–H and O–H groups in total. The van der Waals surface area contributed by atoms with Crippen molar-refractivity contribution < 1.29 is 8.42 Å². The van der Waals surface area contributed by atoms with Crippen LogP contribution in [0.15, 0.2) is 48.5 Å². The molecule has 0 saturated heterocycles. The van der Waals surface area contributed by atoms with Gasteiger partial charge in [-0.2, -0.15) is 0 Å². The van der Waals surface area contributed by atoms with Gasteiger partial charge in [-0.1, -0.05) is 53.6 Å². The summed E-state index contributed by atoms with van der Waals surface area (Å²) in [6.07, 6.45) is 0.643. The Bertz CT molecular complexity index is 696. The maximum atomic E-state index is 12.0. The molecule has 5 heteroatoms. The van der Waals surface area contributed by atoms with Gasteiger partial charge in [0.05, 0.1) is 5.75 Å². The van der Waals surface area contributed by atoms with Crippen LogP contribution < -0.4 is 4.72 Å². The second-order valence-electron chi connectivity index (χ2n) is 5.02. The third-order valence-electron chi connectivity index (χ3n) is 3.09. The smallest absolute Gasteiger partial charge is 0.215 e. The largest absolute Gasteiger partial charge is 0.215 e. The lowest BCUT2D eigenvalue weighted by molar-refractivity contribution is 0.581. The van der Waals surface area contributed by atoms with Crippen molar-refractivity contribution >= 4 is 21.6 Å². The zero-order valence-corrected chi connectivity index (χ0v) is 13.4. The number of rotatable bonds is 6. The Morgan fingerprint density at radius 3 is 2.43 bits per heavy atom. The van der Waals surface area contributed by atoms with Crippen LogP contribution in [0.4, 0.5) is 0 Å². The molecule has 0 radical (unpaired) electrons. The molecule has 0 aliphatic heterocycles. The minimum absolute atomic E-state index is 0.00922. The molecular formula is C16H18ClNO2S. The van der Waals surface area contributed by atoms with Crippen LogP contribution in [0.25, 0.3) is 0 Å². The van der Waals surface area contributed by atoms with Crippen molar-refractivity contribution in [3.8, 4) is 0 Å². The lowest BCUT2D eigenvalue weighted by Crippen LogP contribution is -2.27. The molecule has 0 atom stereocenters. The molecule has 0 unspecified atom stereocenters. The summed E-state index contributed by atoms with van der Waals surface area (Å²) >= 11 is 5.81. The Kier molecular flexibility index (Phi) is 5.39. The predicted molar refractivity (Wildman–Crippen MR) is 87.0 cm³/mol. The van der Waals surface area contributed by atoms with Crippen molar-refractivity contribution in [2.45, 2.75) is 19.1 Å². The normalized spacial score (nSPS) is 11.5. The van der Waals surface area contributed by atoms with Gasteiger partial charge in [0.2, 0.25) is 10.0 Å². The second kappa shape index (κ2) is 7.07. The van der Waals surface area contributed by atoms with Gasteiger partial charge >= 0.3 is 0 Å². The maximum Gasteiger partial charge on any atom is 0.215 e. The number of hydrogen-bond acceptors (Lipinski definition) is 2. The Hall–Kier alpha value is -1.36. The molecule has 0 saturated carbocycles. The molecule has 0 spiro atoms. The van der Waals surface area contributed by atoms with Gasteiger partial charge in [-0.3, -0.25) is 0 Å². The monoisotopic (exact) mass is 323 g/mol. The zero-order chi connectivity index (χ0) is 15.3. The molecule has 3 nitrogen and oxygen atoms in total. The number of hydrogen-bond donors (Lipinski definition) is 1. The van der Waals surface area contributed by atoms with Gasteiger partial charge in [-0.15, -0.1) is 0 Å². The number of sulfonamides is 1. The lowest BCUT2D eigenvalue weighted by Gasteiger charge is -2.07. The van der Waals surface area contributed by atoms with Gasteiger partial charge in [0.1, 0.15) is 0 Å². The second-order valence-corrected chi connectivity index (χ2v) is 7.26. The first-order valence-corrected chi connectivity index (χ1v) is 8.75. The quantitative estimate of drug-likeness (QED) is 0.886. The molecule has 0 amide bonds. The van der Waals surface area contributed by atoms with Crippen LogP contribution >= 0.6 is 11.6 Å². The van der Waals surface area contributed by atoms with Gasteiger partial charge in [-0.25, -0.2) is 13.1 Å². The van der Waals surface area contributed by atoms with Crippen LogP contribution in [-0.4, -0.2) is 15.0 Å². The van der Waals surface area contributed by atoms with E-state index >= 15 is 0 Å². The SMILES string of the molecule is Cc1cccc(CS(=O)(=O)NCCc2ccc(Cl)cc2)c1. The van der Waals surface area contributed by atoms with Gasteiger partial charge in [0, 0.05) is 11.6 Å². The fourth-order valence-electron chi connectivity index (χ4n) is 2.07. The first-order valence-electron chi connectivity index (χ1n) is 6.72. The van der Waals surface area contributed by atoms with Crippen LogP contribution in [0.3, 0.4) is 0 Å². The van der Waals surface area contributed by atoms with E-state index in [0.717, 1.165) is 16.7 Å². The molecule has 0 aliphatic carbocycles. The van der Waals surface area contributed by atoms with E-state index in [0.29, 0.717) is 18.0 Å². The number of nitrogens with one attached hydrogen (secondary N) is 1. The van der Waals surface area contributed by atoms with Gasteiger partial charge in [0.25, 0.3) is 0 Å². The minimum Gasteiger partial charge on any atom is -0.215 e. The highest BCUT2D eigenvalue weighted by Gasteiger charge is 2.10. The van der Waals surface area contributed by atoms with E-state index < -0.39 is 10.0 Å². The first-order chi connectivity index (χ1) is 9.94. The average molecular weight is 324 g/mol. The zero-order valence-electron chi connectivity index (χ0n) is 11.8. The molecule has 0 heterocycles. The third kappa shape index (κ3) is 5.50. The van der Waals surface area contributed by atoms with Crippen molar-refractivity contribution in [3.05, 3.63) is 70.2 Å². The number of halogens is 1. The van der Waals surface area contributed by atoms with Crippen LogP contribution in [0.1, 0.15) is 16.7 Å². The molecule has 0 bridgehead atoms. The lowest BCUT2D eigenvalue weighted by atomic mass is 10.2. The highest BCUT2D eigenvalue weighted by molar-refractivity contribution is 7.88. The summed E-state index contributed by atoms with van der Waals surface area (Å²) in [5.74, 6) is 0.00922. The van der Waals surface area contributed by atoms with Gasteiger partial charge in [-0.05, 0) is 36.6 Å². The molecule has 2 rings (SSSR count). The summed E-state index contributed by atoms with van der Waals surface area (Å²) in [4.78, 5) is 0. The van der Waals surface area contributed by atoms with E-state index in [1.807, 2.05) is 43.3 Å². The van der Waals surface area contributed by atoms with Gasteiger partial charge in [0.15, 0.2) is 0 Å². The topological polar surface area (TPSA) is 46.2 Å². The summed E-state index contributed by atoms with van der Waals surface area (Å²) in [5, 5.41) is 0.679. The number of benzene rings is 2. The van der Waals surface area contributed by atoms with Crippen LogP contribution in [-0.2, 0) is 22.2 Å². The van der Waals surface area contributed by atoms with E-state index in [4.69, 9.17) is 11.6 Å². The van der Waals surface area contributed by atoms with Crippen molar-refractivity contribution in [2.75, 3.05) is 6.54 Å². The molecule has 0 fully saturated rings. The van der Waals surface area contributed by atoms with Crippen LogP contribution in [0, 0.1) is 6.92 Å². The van der Waals surface area contributed by atoms with Crippen molar-refractivity contribution in [3.63, 3.8) is 0 Å². The maximum absolute atomic E-state index is 12.0. The Balaban J connectivity index is 1.88. The standard InChI is InChI=1S/C16H18ClNO2S/c1-13-3-2-4-15(11-13)12-21(19,20)18-10-9-14-5-7-16(17)8-6-14/h2-8,11,18H,9-10,12H2,1H3. The molecule has 2 aromatic rings. The summed E-state index contributed by atoms with van der Waals surface area (Å²) in [7, 11) is -3.31. The summed E-state index contributed by atoms with van der Waals surface area (Å²) in [6.45, 7) is 2.33. The van der Waals surface area contributed by atoms with E-state index in [1.54, 1.807) is 12.1 Å². The third-order valence-corrected chi connectivity index (χ3v) is 4.70. The fourth-order valence-corrected chi connectivity index (χ4v) is 3.33. The van der Waals surface area contributed by atoms with E-state index in [1.165, 1.54) is 0 Å². The molecule has 0 aromatic heterocycles. The van der Waals surface area contributed by atoms with Crippen LogP contribution in [0.2, 0.25) is 5.02 Å². The minimum atomic E-state index is -3.31. The van der Waals surface area contributed by atoms with Crippen molar-refractivity contribution in [1.82, 2.24) is 4.72 Å². The summed E-state index contributed by atoms with van der Waals surface area (Å²) in [5.41, 5.74) is 2.91. The Morgan fingerprint density at radius 1 is 1.05 bits per heavy atom. The Morgan fingerprint density at radius 2 is 1.76 bits per heavy atom. The molecule has 112 valence electrons. The molecular weight excluding hydrogens is 306 g/mol. The summed E-state index contributed by atoms with van der Waals surface area (Å²) < 4.78 is 26.7. The Labute approximate surface area is 131 Å². The first kappa shape index (κ1) is 16.0. The summed E-state index contributed by atoms with van der Waals surface area (Å²) in [6, 6.07) is 14.9. The molecule has 21 heavy (non-hydrogen) atoms.